The molecule has 5 nitrogen and oxygen atoms in total. The highest BCUT2D eigenvalue weighted by Crippen LogP contribution is 2.34. The van der Waals surface area contributed by atoms with Gasteiger partial charge < -0.3 is 15.5 Å². The van der Waals surface area contributed by atoms with E-state index in [1.54, 1.807) is 0 Å². The van der Waals surface area contributed by atoms with Crippen LogP contribution in [0.25, 0.3) is 0 Å². The quantitative estimate of drug-likeness (QED) is 0.875. The Kier molecular flexibility index (Phi) is 4.87. The molecule has 1 aromatic carbocycles. The number of amides is 3. The van der Waals surface area contributed by atoms with Gasteiger partial charge in [-0.3, -0.25) is 4.79 Å². The van der Waals surface area contributed by atoms with E-state index in [1.165, 1.54) is 23.1 Å². The summed E-state index contributed by atoms with van der Waals surface area (Å²) in [6.45, 7) is 0.645. The van der Waals surface area contributed by atoms with Crippen LogP contribution in [0, 0.1) is 5.92 Å². The number of rotatable bonds is 3. The van der Waals surface area contributed by atoms with Crippen LogP contribution in [-0.2, 0) is 11.0 Å². The molecule has 8 heteroatoms. The summed E-state index contributed by atoms with van der Waals surface area (Å²) in [7, 11) is 0. The first-order valence-electron chi connectivity index (χ1n) is 8.37. The number of piperidine rings is 1. The molecule has 3 amide bonds. The highest BCUT2D eigenvalue weighted by atomic mass is 19.4. The van der Waals surface area contributed by atoms with Crippen molar-refractivity contribution in [2.45, 2.75) is 37.9 Å². The van der Waals surface area contributed by atoms with E-state index in [0.29, 0.717) is 19.4 Å². The van der Waals surface area contributed by atoms with Crippen molar-refractivity contribution in [3.63, 3.8) is 0 Å². The van der Waals surface area contributed by atoms with Crippen LogP contribution >= 0.6 is 0 Å². The Labute approximate surface area is 143 Å². The van der Waals surface area contributed by atoms with E-state index in [1.807, 2.05) is 0 Å². The Morgan fingerprint density at radius 1 is 1.12 bits per heavy atom. The smallest absolute Gasteiger partial charge is 0.353 e. The number of nitrogens with zero attached hydrogens (tertiary/aromatic N) is 1. The number of nitrogens with one attached hydrogen (secondary N) is 2. The second-order valence-electron chi connectivity index (χ2n) is 6.54. The highest BCUT2D eigenvalue weighted by molar-refractivity contribution is 5.91. The summed E-state index contributed by atoms with van der Waals surface area (Å²) >= 11 is 0. The number of para-hydroxylation sites is 1. The molecule has 1 aliphatic heterocycles. The van der Waals surface area contributed by atoms with Crippen molar-refractivity contribution in [3.8, 4) is 0 Å². The summed E-state index contributed by atoms with van der Waals surface area (Å²) in [5.41, 5.74) is -1.16. The maximum absolute atomic E-state index is 13.0. The lowest BCUT2D eigenvalue weighted by atomic mass is 9.97. The number of carbonyl (C=O) groups excluding carboxylic acids is 2. The van der Waals surface area contributed by atoms with Gasteiger partial charge in [-0.2, -0.15) is 13.2 Å². The second-order valence-corrected chi connectivity index (χ2v) is 6.54. The molecule has 2 aliphatic rings. The van der Waals surface area contributed by atoms with E-state index in [9.17, 15) is 22.8 Å². The van der Waals surface area contributed by atoms with Crippen molar-refractivity contribution in [1.82, 2.24) is 10.2 Å². The Hall–Kier alpha value is -2.25. The first-order chi connectivity index (χ1) is 11.8. The number of likely N-dealkylation sites (tertiary alicyclic amines) is 1. The molecule has 136 valence electrons. The fourth-order valence-corrected chi connectivity index (χ4v) is 2.96. The number of hydrogen-bond donors (Lipinski definition) is 2. The van der Waals surface area contributed by atoms with Gasteiger partial charge in [-0.25, -0.2) is 4.79 Å². The molecule has 25 heavy (non-hydrogen) atoms. The standard InChI is InChI=1S/C17H20F3N3O2/c18-17(19,20)13-5-1-2-6-14(13)22-16(25)23-9-3-4-11(10-23)15(24)21-12-7-8-12/h1-2,5-6,11-12H,3-4,7-10H2,(H,21,24)(H,22,25)/t11-/m1/s1. The number of alkyl halides is 3. The van der Waals surface area contributed by atoms with E-state index in [4.69, 9.17) is 0 Å². The molecular weight excluding hydrogens is 335 g/mol. The lowest BCUT2D eigenvalue weighted by Gasteiger charge is -2.32. The maximum Gasteiger partial charge on any atom is 0.418 e. The van der Waals surface area contributed by atoms with Gasteiger partial charge in [-0.15, -0.1) is 0 Å². The molecule has 2 N–H and O–H groups in total. The summed E-state index contributed by atoms with van der Waals surface area (Å²) < 4.78 is 39.1. The van der Waals surface area contributed by atoms with E-state index in [2.05, 4.69) is 10.6 Å². The lowest BCUT2D eigenvalue weighted by Crippen LogP contribution is -2.47. The first-order valence-corrected chi connectivity index (χ1v) is 8.37. The molecule has 0 bridgehead atoms. The molecule has 1 saturated carbocycles. The molecule has 1 aliphatic carbocycles. The Bertz CT molecular complexity index is 659. The third kappa shape index (κ3) is 4.43. The number of halogens is 3. The molecule has 1 atom stereocenters. The molecule has 0 radical (unpaired) electrons. The van der Waals surface area contributed by atoms with E-state index in [0.717, 1.165) is 18.9 Å². The molecule has 1 heterocycles. The third-order valence-corrected chi connectivity index (χ3v) is 4.48. The van der Waals surface area contributed by atoms with Crippen LogP contribution in [0.3, 0.4) is 0 Å². The monoisotopic (exact) mass is 355 g/mol. The van der Waals surface area contributed by atoms with Crippen molar-refractivity contribution in [3.05, 3.63) is 29.8 Å². The minimum Gasteiger partial charge on any atom is -0.353 e. The molecule has 1 saturated heterocycles. The summed E-state index contributed by atoms with van der Waals surface area (Å²) in [5.74, 6) is -0.381. The van der Waals surface area contributed by atoms with Crippen molar-refractivity contribution < 1.29 is 22.8 Å². The largest absolute Gasteiger partial charge is 0.418 e. The van der Waals surface area contributed by atoms with Gasteiger partial charge >= 0.3 is 12.2 Å². The molecule has 2 fully saturated rings. The predicted octanol–water partition coefficient (Wildman–Crippen LogP) is 3.23. The van der Waals surface area contributed by atoms with Crippen LogP contribution in [0.5, 0.6) is 0 Å². The van der Waals surface area contributed by atoms with Gasteiger partial charge in [0.2, 0.25) is 5.91 Å². The highest BCUT2D eigenvalue weighted by Gasteiger charge is 2.35. The lowest BCUT2D eigenvalue weighted by molar-refractivity contribution is -0.137. The minimum atomic E-state index is -4.54. The van der Waals surface area contributed by atoms with Crippen LogP contribution in [-0.4, -0.2) is 36.0 Å². The molecule has 0 spiro atoms. The molecule has 0 aromatic heterocycles. The maximum atomic E-state index is 13.0. The van der Waals surface area contributed by atoms with Gasteiger partial charge in [0.1, 0.15) is 0 Å². The SMILES string of the molecule is O=C(NC1CC1)[C@@H]1CCCN(C(=O)Nc2ccccc2C(F)(F)F)C1. The van der Waals surface area contributed by atoms with Crippen LogP contribution in [0.15, 0.2) is 24.3 Å². The van der Waals surface area contributed by atoms with E-state index < -0.39 is 17.8 Å². The van der Waals surface area contributed by atoms with E-state index in [-0.39, 0.29) is 30.1 Å². The Morgan fingerprint density at radius 3 is 2.52 bits per heavy atom. The van der Waals surface area contributed by atoms with Crippen LogP contribution in [0.1, 0.15) is 31.2 Å². The van der Waals surface area contributed by atoms with Crippen LogP contribution < -0.4 is 10.6 Å². The fourth-order valence-electron chi connectivity index (χ4n) is 2.96. The topological polar surface area (TPSA) is 61.4 Å². The zero-order valence-corrected chi connectivity index (χ0v) is 13.6. The number of hydrogen-bond acceptors (Lipinski definition) is 2. The van der Waals surface area contributed by atoms with Gasteiger partial charge in [-0.05, 0) is 37.8 Å². The average Bonchev–Trinajstić information content (AvgIpc) is 3.38. The summed E-state index contributed by atoms with van der Waals surface area (Å²) in [6, 6.07) is 4.50. The predicted molar refractivity (Wildman–Crippen MR) is 85.9 cm³/mol. The Morgan fingerprint density at radius 2 is 1.84 bits per heavy atom. The number of urea groups is 1. The van der Waals surface area contributed by atoms with Gasteiger partial charge in [0.05, 0.1) is 17.2 Å². The molecule has 0 unspecified atom stereocenters. The van der Waals surface area contributed by atoms with Gasteiger partial charge in [0, 0.05) is 19.1 Å². The van der Waals surface area contributed by atoms with E-state index >= 15 is 0 Å². The van der Waals surface area contributed by atoms with Gasteiger partial charge in [0.25, 0.3) is 0 Å². The number of carbonyl (C=O) groups is 2. The van der Waals surface area contributed by atoms with Crippen molar-refractivity contribution in [2.75, 3.05) is 18.4 Å². The molecular formula is C17H20F3N3O2. The Balaban J connectivity index is 1.64. The first kappa shape index (κ1) is 17.6. The van der Waals surface area contributed by atoms with Gasteiger partial charge in [-0.1, -0.05) is 12.1 Å². The average molecular weight is 355 g/mol. The van der Waals surface area contributed by atoms with Gasteiger partial charge in [0.15, 0.2) is 0 Å². The van der Waals surface area contributed by atoms with Crippen molar-refractivity contribution in [2.24, 2.45) is 5.92 Å². The normalized spacial score (nSPS) is 20.9. The number of benzene rings is 1. The molecule has 1 aromatic rings. The summed E-state index contributed by atoms with van der Waals surface area (Å²) in [5, 5.41) is 5.25. The second kappa shape index (κ2) is 6.93. The fraction of sp³-hybridized carbons (Fsp3) is 0.529. The third-order valence-electron chi connectivity index (χ3n) is 4.48. The summed E-state index contributed by atoms with van der Waals surface area (Å²) in [6.07, 6.45) is -1.25. The van der Waals surface area contributed by atoms with Crippen molar-refractivity contribution >= 4 is 17.6 Å². The zero-order chi connectivity index (χ0) is 18.0. The molecule has 3 rings (SSSR count). The van der Waals surface area contributed by atoms with Crippen molar-refractivity contribution in [1.29, 1.82) is 0 Å². The summed E-state index contributed by atoms with van der Waals surface area (Å²) in [4.78, 5) is 25.9. The minimum absolute atomic E-state index is 0.0734. The number of anilines is 1. The van der Waals surface area contributed by atoms with Crippen LogP contribution in [0.2, 0.25) is 0 Å². The van der Waals surface area contributed by atoms with Crippen LogP contribution in [0.4, 0.5) is 23.7 Å². The zero-order valence-electron chi connectivity index (χ0n) is 13.6.